The van der Waals surface area contributed by atoms with Crippen LogP contribution in [0.1, 0.15) is 48.2 Å². The molecule has 3 rings (SSSR count). The second-order valence-corrected chi connectivity index (χ2v) is 11.2. The first kappa shape index (κ1) is 32.4. The first-order valence-electron chi connectivity index (χ1n) is 13.8. The van der Waals surface area contributed by atoms with E-state index in [1.54, 1.807) is 30.0 Å². The summed E-state index contributed by atoms with van der Waals surface area (Å²) in [6, 6.07) is 9.63. The lowest BCUT2D eigenvalue weighted by molar-refractivity contribution is -0.137. The number of ether oxygens (including phenoxy) is 1. The molecule has 11 heteroatoms. The van der Waals surface area contributed by atoms with Crippen LogP contribution < -0.4 is 10.1 Å². The van der Waals surface area contributed by atoms with E-state index in [-0.39, 0.29) is 30.4 Å². The molecule has 2 N–H and O–H groups in total. The minimum Gasteiger partial charge on any atom is -0.488 e. The van der Waals surface area contributed by atoms with E-state index >= 15 is 0 Å². The van der Waals surface area contributed by atoms with Gasteiger partial charge < -0.3 is 25.0 Å². The molecule has 0 spiro atoms. The van der Waals surface area contributed by atoms with Gasteiger partial charge in [-0.3, -0.25) is 14.5 Å². The summed E-state index contributed by atoms with van der Waals surface area (Å²) in [7, 11) is 5.75. The van der Waals surface area contributed by atoms with Gasteiger partial charge in [-0.2, -0.15) is 13.2 Å². The van der Waals surface area contributed by atoms with Crippen molar-refractivity contribution in [2.45, 2.75) is 51.6 Å². The van der Waals surface area contributed by atoms with Gasteiger partial charge in [0.2, 0.25) is 5.91 Å². The number of amides is 2. The van der Waals surface area contributed by atoms with Gasteiger partial charge in [-0.15, -0.1) is 0 Å². The Morgan fingerprint density at radius 1 is 1.17 bits per heavy atom. The molecule has 0 radical (unpaired) electrons. The highest BCUT2D eigenvalue weighted by Gasteiger charge is 2.34. The van der Waals surface area contributed by atoms with Crippen molar-refractivity contribution in [2.24, 2.45) is 5.92 Å². The summed E-state index contributed by atoms with van der Waals surface area (Å²) in [6.07, 6.45) is -3.70. The summed E-state index contributed by atoms with van der Waals surface area (Å²) in [5.74, 6) is -0.195. The van der Waals surface area contributed by atoms with Gasteiger partial charge in [-0.05, 0) is 76.9 Å². The molecule has 1 aliphatic heterocycles. The number of aliphatic hydroxyl groups is 1. The molecule has 226 valence electrons. The predicted octanol–water partition coefficient (Wildman–Crippen LogP) is 4.34. The number of carbonyl (C=O) groups is 2. The largest absolute Gasteiger partial charge is 0.488 e. The number of rotatable bonds is 11. The van der Waals surface area contributed by atoms with Gasteiger partial charge in [0, 0.05) is 37.7 Å². The van der Waals surface area contributed by atoms with Crippen LogP contribution in [-0.4, -0.2) is 91.2 Å². The summed E-state index contributed by atoms with van der Waals surface area (Å²) < 4.78 is 45.2. The van der Waals surface area contributed by atoms with Crippen LogP contribution in [0.4, 0.5) is 18.9 Å². The van der Waals surface area contributed by atoms with Gasteiger partial charge in [0.05, 0.1) is 23.8 Å². The molecule has 0 saturated carbocycles. The van der Waals surface area contributed by atoms with E-state index in [0.29, 0.717) is 49.5 Å². The fourth-order valence-electron chi connectivity index (χ4n) is 4.78. The molecule has 2 aromatic carbocycles. The second-order valence-electron chi connectivity index (χ2n) is 11.2. The first-order valence-corrected chi connectivity index (χ1v) is 13.8. The van der Waals surface area contributed by atoms with E-state index in [2.05, 4.69) is 5.32 Å². The predicted molar refractivity (Wildman–Crippen MR) is 152 cm³/mol. The van der Waals surface area contributed by atoms with Crippen LogP contribution in [0.5, 0.6) is 5.75 Å². The maximum absolute atomic E-state index is 13.6. The molecule has 0 bridgehead atoms. The number of hydrogen-bond donors (Lipinski definition) is 2. The highest BCUT2D eigenvalue weighted by Crippen LogP contribution is 2.32. The van der Waals surface area contributed by atoms with E-state index < -0.39 is 17.8 Å². The zero-order valence-electron chi connectivity index (χ0n) is 24.4. The van der Waals surface area contributed by atoms with Gasteiger partial charge in [-0.25, -0.2) is 0 Å². The minimum atomic E-state index is -4.39. The quantitative estimate of drug-likeness (QED) is 0.413. The maximum Gasteiger partial charge on any atom is 0.416 e. The third kappa shape index (κ3) is 9.17. The molecule has 0 saturated heterocycles. The van der Waals surface area contributed by atoms with Crippen molar-refractivity contribution in [3.05, 3.63) is 59.2 Å². The minimum absolute atomic E-state index is 0.118. The van der Waals surface area contributed by atoms with Gasteiger partial charge in [-0.1, -0.05) is 19.1 Å². The lowest BCUT2D eigenvalue weighted by atomic mass is 9.99. The molecule has 1 aliphatic rings. The van der Waals surface area contributed by atoms with Crippen LogP contribution in [0.3, 0.4) is 0 Å². The van der Waals surface area contributed by atoms with Crippen LogP contribution in [0.25, 0.3) is 0 Å². The Bertz CT molecular complexity index is 1170. The summed E-state index contributed by atoms with van der Waals surface area (Å²) >= 11 is 0. The van der Waals surface area contributed by atoms with Crippen molar-refractivity contribution in [1.29, 1.82) is 0 Å². The molecule has 0 unspecified atom stereocenters. The van der Waals surface area contributed by atoms with Crippen LogP contribution >= 0.6 is 0 Å². The van der Waals surface area contributed by atoms with Crippen LogP contribution in [0.15, 0.2) is 42.5 Å². The molecular formula is C30H41F3N4O4. The molecule has 3 atom stereocenters. The number of nitrogens with one attached hydrogen (secondary N) is 1. The SMILES string of the molecule is C[C@@H]1CN([C@@H](C)CO)C(=O)c2cc(NC(=O)CCCN(C)C)ccc2O[C@@H]1CN(C)Cc1ccc(C(F)(F)F)cc1. The second kappa shape index (κ2) is 14.2. The smallest absolute Gasteiger partial charge is 0.416 e. The van der Waals surface area contributed by atoms with Crippen molar-refractivity contribution in [2.75, 3.05) is 52.7 Å². The van der Waals surface area contributed by atoms with Crippen molar-refractivity contribution < 1.29 is 32.6 Å². The Morgan fingerprint density at radius 2 is 1.85 bits per heavy atom. The molecule has 0 aliphatic carbocycles. The van der Waals surface area contributed by atoms with Crippen LogP contribution in [-0.2, 0) is 17.5 Å². The van der Waals surface area contributed by atoms with Gasteiger partial charge in [0.1, 0.15) is 11.9 Å². The third-order valence-electron chi connectivity index (χ3n) is 7.18. The molecule has 41 heavy (non-hydrogen) atoms. The van der Waals surface area contributed by atoms with Crippen molar-refractivity contribution in [3.8, 4) is 5.75 Å². The molecule has 2 amide bonds. The number of fused-ring (bicyclic) bond motifs is 1. The maximum atomic E-state index is 13.6. The van der Waals surface area contributed by atoms with Crippen LogP contribution in [0, 0.1) is 5.92 Å². The summed E-state index contributed by atoms with van der Waals surface area (Å²) in [5.41, 5.74) is 0.816. The summed E-state index contributed by atoms with van der Waals surface area (Å²) in [4.78, 5) is 31.7. The molecule has 0 aromatic heterocycles. The number of carbonyl (C=O) groups excluding carboxylic acids is 2. The Kier molecular flexibility index (Phi) is 11.2. The average Bonchev–Trinajstić information content (AvgIpc) is 2.90. The fraction of sp³-hybridized carbons (Fsp3) is 0.533. The van der Waals surface area contributed by atoms with Gasteiger partial charge in [0.25, 0.3) is 5.91 Å². The number of halogens is 3. The van der Waals surface area contributed by atoms with Gasteiger partial charge in [0.15, 0.2) is 0 Å². The number of nitrogens with zero attached hydrogens (tertiary/aromatic N) is 3. The number of alkyl halides is 3. The zero-order chi connectivity index (χ0) is 30.3. The number of hydrogen-bond acceptors (Lipinski definition) is 6. The van der Waals surface area contributed by atoms with Crippen molar-refractivity contribution in [1.82, 2.24) is 14.7 Å². The van der Waals surface area contributed by atoms with Gasteiger partial charge >= 0.3 is 6.18 Å². The normalized spacial score (nSPS) is 18.5. The molecule has 8 nitrogen and oxygen atoms in total. The fourth-order valence-corrected chi connectivity index (χ4v) is 4.78. The molecule has 0 fully saturated rings. The molecule has 1 heterocycles. The number of benzene rings is 2. The average molecular weight is 579 g/mol. The molecular weight excluding hydrogens is 537 g/mol. The Hall–Kier alpha value is -3.15. The van der Waals surface area contributed by atoms with E-state index in [9.17, 15) is 27.9 Å². The Balaban J connectivity index is 1.80. The highest BCUT2D eigenvalue weighted by molar-refractivity contribution is 5.99. The topological polar surface area (TPSA) is 85.3 Å². The first-order chi connectivity index (χ1) is 19.3. The Morgan fingerprint density at radius 3 is 2.46 bits per heavy atom. The number of likely N-dealkylation sites (N-methyl/N-ethyl adjacent to an activating group) is 1. The van der Waals surface area contributed by atoms with E-state index in [1.165, 1.54) is 12.1 Å². The molecule has 2 aromatic rings. The van der Waals surface area contributed by atoms with Crippen molar-refractivity contribution in [3.63, 3.8) is 0 Å². The van der Waals surface area contributed by atoms with Crippen LogP contribution in [0.2, 0.25) is 0 Å². The monoisotopic (exact) mass is 578 g/mol. The van der Waals surface area contributed by atoms with Crippen molar-refractivity contribution >= 4 is 17.5 Å². The summed E-state index contributed by atoms with van der Waals surface area (Å²) in [6.45, 7) is 5.50. The number of aliphatic hydroxyl groups excluding tert-OH is 1. The van der Waals surface area contributed by atoms with E-state index in [1.807, 2.05) is 37.9 Å². The number of anilines is 1. The van der Waals surface area contributed by atoms with E-state index in [0.717, 1.165) is 24.2 Å². The summed E-state index contributed by atoms with van der Waals surface area (Å²) in [5, 5.41) is 12.7. The lowest BCUT2D eigenvalue weighted by Gasteiger charge is -2.38. The third-order valence-corrected chi connectivity index (χ3v) is 7.18. The van der Waals surface area contributed by atoms with E-state index in [4.69, 9.17) is 4.74 Å². The standard InChI is InChI=1S/C30H41F3N4O4/c1-20-16-37(21(2)19-38)29(40)25-15-24(34-28(39)7-6-14-35(3)4)12-13-26(25)41-27(20)18-36(5)17-22-8-10-23(11-9-22)30(31,32)33/h8-13,15,20-21,27,38H,6-7,14,16-19H2,1-5H3,(H,34,39)/t20-,21+,27-/m1/s1. The Labute approximate surface area is 240 Å². The highest BCUT2D eigenvalue weighted by atomic mass is 19.4. The lowest BCUT2D eigenvalue weighted by Crippen LogP contribution is -2.49. The zero-order valence-corrected chi connectivity index (χ0v) is 24.4.